The van der Waals surface area contributed by atoms with Crippen LogP contribution >= 0.6 is 0 Å². The van der Waals surface area contributed by atoms with Gasteiger partial charge in [-0.05, 0) is 40.6 Å². The van der Waals surface area contributed by atoms with Crippen LogP contribution in [0.2, 0.25) is 0 Å². The van der Waals surface area contributed by atoms with Crippen molar-refractivity contribution in [3.8, 4) is 17.2 Å². The molecular formula is C28H21NO5. The first-order valence-corrected chi connectivity index (χ1v) is 10.8. The van der Waals surface area contributed by atoms with Crippen molar-refractivity contribution in [1.82, 2.24) is 5.32 Å². The second-order valence-electron chi connectivity index (χ2n) is 7.75. The first-order valence-electron chi connectivity index (χ1n) is 10.8. The molecule has 0 saturated carbocycles. The summed E-state index contributed by atoms with van der Waals surface area (Å²) in [6, 6.07) is 28.0. The van der Waals surface area contributed by atoms with E-state index in [1.54, 1.807) is 18.2 Å². The highest BCUT2D eigenvalue weighted by Crippen LogP contribution is 2.26. The molecule has 168 valence electrons. The summed E-state index contributed by atoms with van der Waals surface area (Å²) in [6.45, 7) is 0.279. The van der Waals surface area contributed by atoms with Gasteiger partial charge in [0, 0.05) is 12.6 Å². The van der Waals surface area contributed by atoms with Crippen LogP contribution in [0, 0.1) is 0 Å². The number of carbonyl (C=O) groups is 1. The summed E-state index contributed by atoms with van der Waals surface area (Å²) in [5.41, 5.74) is 1.06. The third kappa shape index (κ3) is 4.76. The molecule has 1 aromatic heterocycles. The molecule has 0 bridgehead atoms. The summed E-state index contributed by atoms with van der Waals surface area (Å²) < 4.78 is 17.0. The van der Waals surface area contributed by atoms with Gasteiger partial charge in [0.15, 0.2) is 6.61 Å². The molecule has 0 radical (unpaired) electrons. The molecule has 4 aromatic carbocycles. The Kier molecular flexibility index (Phi) is 5.95. The molecule has 0 fully saturated rings. The third-order valence-corrected chi connectivity index (χ3v) is 5.37. The Hall–Kier alpha value is -4.58. The molecule has 5 aromatic rings. The Morgan fingerprint density at radius 2 is 1.59 bits per heavy atom. The number of hydrogen-bond donors (Lipinski definition) is 1. The van der Waals surface area contributed by atoms with E-state index in [1.807, 2.05) is 72.8 Å². The van der Waals surface area contributed by atoms with Gasteiger partial charge in [0.25, 0.3) is 5.91 Å². The van der Waals surface area contributed by atoms with E-state index in [1.165, 1.54) is 6.26 Å². The van der Waals surface area contributed by atoms with Crippen LogP contribution in [0.25, 0.3) is 21.7 Å². The molecule has 1 amide bonds. The minimum absolute atomic E-state index is 0.0942. The van der Waals surface area contributed by atoms with Crippen molar-refractivity contribution >= 4 is 27.6 Å². The molecule has 34 heavy (non-hydrogen) atoms. The Labute approximate surface area is 195 Å². The topological polar surface area (TPSA) is 77.8 Å². The zero-order valence-electron chi connectivity index (χ0n) is 18.2. The predicted octanol–water partition coefficient (Wildman–Crippen LogP) is 5.43. The lowest BCUT2D eigenvalue weighted by atomic mass is 10.1. The van der Waals surface area contributed by atoms with Crippen molar-refractivity contribution < 1.29 is 18.7 Å². The van der Waals surface area contributed by atoms with E-state index in [9.17, 15) is 9.59 Å². The number of carbonyl (C=O) groups excluding carboxylic acids is 1. The van der Waals surface area contributed by atoms with E-state index in [4.69, 9.17) is 13.9 Å². The average molecular weight is 451 g/mol. The second-order valence-corrected chi connectivity index (χ2v) is 7.75. The molecule has 6 heteroatoms. The van der Waals surface area contributed by atoms with Gasteiger partial charge in [-0.1, -0.05) is 60.7 Å². The van der Waals surface area contributed by atoms with Crippen LogP contribution in [0.15, 0.2) is 106 Å². The van der Waals surface area contributed by atoms with Crippen molar-refractivity contribution in [2.45, 2.75) is 6.54 Å². The van der Waals surface area contributed by atoms with Gasteiger partial charge in [-0.2, -0.15) is 0 Å². The molecule has 1 N–H and O–H groups in total. The maximum absolute atomic E-state index is 12.9. The monoisotopic (exact) mass is 451 g/mol. The van der Waals surface area contributed by atoms with Crippen LogP contribution in [0.3, 0.4) is 0 Å². The summed E-state index contributed by atoms with van der Waals surface area (Å²) in [5, 5.41) is 5.26. The van der Waals surface area contributed by atoms with Gasteiger partial charge in [-0.3, -0.25) is 9.59 Å². The van der Waals surface area contributed by atoms with Gasteiger partial charge in [0.05, 0.1) is 5.39 Å². The van der Waals surface area contributed by atoms with Crippen LogP contribution in [0.4, 0.5) is 0 Å². The first kappa shape index (κ1) is 21.3. The highest BCUT2D eigenvalue weighted by Gasteiger charge is 2.11. The molecule has 6 nitrogen and oxygen atoms in total. The van der Waals surface area contributed by atoms with Crippen LogP contribution in [-0.4, -0.2) is 12.5 Å². The van der Waals surface area contributed by atoms with Gasteiger partial charge in [-0.15, -0.1) is 0 Å². The highest BCUT2D eigenvalue weighted by atomic mass is 16.5. The molecule has 0 saturated heterocycles. The number of benzene rings is 4. The van der Waals surface area contributed by atoms with Crippen LogP contribution in [0.5, 0.6) is 17.2 Å². The van der Waals surface area contributed by atoms with Crippen LogP contribution in [-0.2, 0) is 11.3 Å². The lowest BCUT2D eigenvalue weighted by molar-refractivity contribution is -0.123. The standard InChI is InChI=1S/C28H21NO5/c30-27(29-16-19-6-2-1-3-7-19)18-32-22-12-13-24-25(15-22)33-17-26(28(24)31)34-23-11-10-20-8-4-5-9-21(20)14-23/h1-15,17H,16,18H2,(H,29,30). The fraction of sp³-hybridized carbons (Fsp3) is 0.0714. The fourth-order valence-electron chi connectivity index (χ4n) is 3.61. The van der Waals surface area contributed by atoms with Gasteiger partial charge < -0.3 is 19.2 Å². The number of nitrogens with one attached hydrogen (secondary N) is 1. The van der Waals surface area contributed by atoms with Crippen LogP contribution < -0.4 is 20.2 Å². The maximum atomic E-state index is 12.9. The third-order valence-electron chi connectivity index (χ3n) is 5.37. The minimum Gasteiger partial charge on any atom is -0.484 e. The molecule has 0 aliphatic rings. The number of amides is 1. The normalized spacial score (nSPS) is 10.8. The molecule has 0 unspecified atom stereocenters. The fourth-order valence-corrected chi connectivity index (χ4v) is 3.61. The molecule has 0 aliphatic carbocycles. The molecular weight excluding hydrogens is 430 g/mol. The molecule has 5 rings (SSSR count). The van der Waals surface area contributed by atoms with Crippen molar-refractivity contribution in [3.05, 3.63) is 113 Å². The summed E-state index contributed by atoms with van der Waals surface area (Å²) in [7, 11) is 0. The minimum atomic E-state index is -0.290. The number of fused-ring (bicyclic) bond motifs is 2. The summed E-state index contributed by atoms with van der Waals surface area (Å²) >= 11 is 0. The number of rotatable bonds is 7. The molecule has 0 aliphatic heterocycles. The van der Waals surface area contributed by atoms with Gasteiger partial charge in [-0.25, -0.2) is 0 Å². The molecule has 1 heterocycles. The molecule has 0 spiro atoms. The Morgan fingerprint density at radius 3 is 2.44 bits per heavy atom. The zero-order chi connectivity index (χ0) is 23.3. The van der Waals surface area contributed by atoms with Gasteiger partial charge >= 0.3 is 0 Å². The van der Waals surface area contributed by atoms with E-state index >= 15 is 0 Å². The van der Waals surface area contributed by atoms with Crippen molar-refractivity contribution in [2.75, 3.05) is 6.61 Å². The highest BCUT2D eigenvalue weighted by molar-refractivity contribution is 5.84. The van der Waals surface area contributed by atoms with E-state index in [2.05, 4.69) is 5.32 Å². The van der Waals surface area contributed by atoms with Crippen LogP contribution in [0.1, 0.15) is 5.56 Å². The van der Waals surface area contributed by atoms with Gasteiger partial charge in [0.1, 0.15) is 23.3 Å². The second kappa shape index (κ2) is 9.50. The SMILES string of the molecule is O=C(COc1ccc2c(=O)c(Oc3ccc4ccccc4c3)coc2c1)NCc1ccccc1. The number of ether oxygens (including phenoxy) is 2. The maximum Gasteiger partial charge on any atom is 0.258 e. The Bertz CT molecular complexity index is 1530. The van der Waals surface area contributed by atoms with E-state index in [0.717, 1.165) is 16.3 Å². The van der Waals surface area contributed by atoms with E-state index in [-0.39, 0.29) is 23.7 Å². The lowest BCUT2D eigenvalue weighted by Crippen LogP contribution is -2.28. The van der Waals surface area contributed by atoms with Crippen molar-refractivity contribution in [2.24, 2.45) is 0 Å². The van der Waals surface area contributed by atoms with E-state index < -0.39 is 0 Å². The molecule has 0 atom stereocenters. The summed E-state index contributed by atoms with van der Waals surface area (Å²) in [5.74, 6) is 0.821. The first-order chi connectivity index (χ1) is 16.7. The van der Waals surface area contributed by atoms with Crippen molar-refractivity contribution in [1.29, 1.82) is 0 Å². The quantitative estimate of drug-likeness (QED) is 0.357. The summed E-state index contributed by atoms with van der Waals surface area (Å²) in [6.07, 6.45) is 1.29. The smallest absolute Gasteiger partial charge is 0.258 e. The summed E-state index contributed by atoms with van der Waals surface area (Å²) in [4.78, 5) is 25.0. The van der Waals surface area contributed by atoms with Gasteiger partial charge in [0.2, 0.25) is 11.2 Å². The largest absolute Gasteiger partial charge is 0.484 e. The van der Waals surface area contributed by atoms with Crippen molar-refractivity contribution in [3.63, 3.8) is 0 Å². The Morgan fingerprint density at radius 1 is 0.824 bits per heavy atom. The zero-order valence-corrected chi connectivity index (χ0v) is 18.2. The Balaban J connectivity index is 1.26. The van der Waals surface area contributed by atoms with E-state index in [0.29, 0.717) is 29.0 Å². The number of hydrogen-bond acceptors (Lipinski definition) is 5. The average Bonchev–Trinajstić information content (AvgIpc) is 2.88. The lowest BCUT2D eigenvalue weighted by Gasteiger charge is -2.09. The predicted molar refractivity (Wildman–Crippen MR) is 130 cm³/mol.